The third-order valence-electron chi connectivity index (χ3n) is 5.11. The Kier molecular flexibility index (Phi) is 8.27. The number of aromatic nitrogens is 1. The molecule has 1 aromatic carbocycles. The van der Waals surface area contributed by atoms with Gasteiger partial charge in [0.2, 0.25) is 5.91 Å². The summed E-state index contributed by atoms with van der Waals surface area (Å²) < 4.78 is 12.5. The lowest BCUT2D eigenvalue weighted by Crippen LogP contribution is -2.45. The molecule has 0 aliphatic carbocycles. The van der Waals surface area contributed by atoms with Gasteiger partial charge in [0.1, 0.15) is 12.3 Å². The molecule has 0 aliphatic heterocycles. The summed E-state index contributed by atoms with van der Waals surface area (Å²) >= 11 is 0. The van der Waals surface area contributed by atoms with Gasteiger partial charge < -0.3 is 28.8 Å². The number of carbonyl (C=O) groups is 2. The fraction of sp³-hybridized carbons (Fsp3) is 0.292. The zero-order valence-electron chi connectivity index (χ0n) is 18.7. The number of hydrogen-bond acceptors (Lipinski definition) is 5. The fourth-order valence-electron chi connectivity index (χ4n) is 3.27. The number of furan rings is 1. The van der Waals surface area contributed by atoms with Crippen molar-refractivity contribution in [2.45, 2.75) is 13.1 Å². The van der Waals surface area contributed by atoms with Gasteiger partial charge in [-0.25, -0.2) is 4.79 Å². The van der Waals surface area contributed by atoms with Crippen LogP contribution in [-0.2, 0) is 29.7 Å². The Balaban J connectivity index is 1.75. The molecule has 0 spiro atoms. The summed E-state index contributed by atoms with van der Waals surface area (Å²) in [5.74, 6) is 0.420. The maximum atomic E-state index is 13.3. The fourth-order valence-corrected chi connectivity index (χ4v) is 3.27. The van der Waals surface area contributed by atoms with Crippen LogP contribution in [-0.4, -0.2) is 53.1 Å². The molecule has 9 heteroatoms. The molecule has 172 valence electrons. The van der Waals surface area contributed by atoms with Crippen molar-refractivity contribution in [3.8, 4) is 6.07 Å². The van der Waals surface area contributed by atoms with Crippen molar-refractivity contribution in [3.63, 3.8) is 0 Å². The predicted molar refractivity (Wildman–Crippen MR) is 122 cm³/mol. The van der Waals surface area contributed by atoms with Crippen LogP contribution in [0.3, 0.4) is 0 Å². The normalized spacial score (nSPS) is 10.5. The number of ether oxygens (including phenoxy) is 1. The Morgan fingerprint density at radius 2 is 2.00 bits per heavy atom. The number of nitriles is 1. The number of nitrogens with zero attached hydrogens (tertiary/aromatic N) is 4. The maximum Gasteiger partial charge on any atom is 0.322 e. The number of nitrogens with one attached hydrogen (secondary N) is 1. The first-order chi connectivity index (χ1) is 16.0. The van der Waals surface area contributed by atoms with Gasteiger partial charge in [0, 0.05) is 38.3 Å². The molecular weight excluding hydrogens is 422 g/mol. The van der Waals surface area contributed by atoms with Gasteiger partial charge in [0.05, 0.1) is 37.6 Å². The van der Waals surface area contributed by atoms with Crippen LogP contribution in [0.2, 0.25) is 0 Å². The molecule has 0 aliphatic rings. The predicted octanol–water partition coefficient (Wildman–Crippen LogP) is 3.20. The van der Waals surface area contributed by atoms with E-state index in [4.69, 9.17) is 14.4 Å². The van der Waals surface area contributed by atoms with E-state index < -0.39 is 6.03 Å². The topological polar surface area (TPSA) is 104 Å². The van der Waals surface area contributed by atoms with Crippen molar-refractivity contribution in [3.05, 3.63) is 78.0 Å². The van der Waals surface area contributed by atoms with Crippen LogP contribution in [0.5, 0.6) is 0 Å². The molecule has 9 nitrogen and oxygen atoms in total. The second-order valence-corrected chi connectivity index (χ2v) is 7.48. The molecule has 0 fully saturated rings. The van der Waals surface area contributed by atoms with E-state index in [2.05, 4.69) is 5.32 Å². The molecule has 3 amide bonds. The lowest BCUT2D eigenvalue weighted by molar-refractivity contribution is -0.133. The number of carbonyl (C=O) groups excluding carboxylic acids is 2. The van der Waals surface area contributed by atoms with Crippen molar-refractivity contribution in [2.24, 2.45) is 7.05 Å². The van der Waals surface area contributed by atoms with E-state index in [9.17, 15) is 9.59 Å². The van der Waals surface area contributed by atoms with Crippen molar-refractivity contribution in [1.29, 1.82) is 5.26 Å². The summed E-state index contributed by atoms with van der Waals surface area (Å²) in [6, 6.07) is 15.6. The lowest BCUT2D eigenvalue weighted by Gasteiger charge is -2.27. The second-order valence-electron chi connectivity index (χ2n) is 7.48. The quantitative estimate of drug-likeness (QED) is 0.512. The average molecular weight is 450 g/mol. The van der Waals surface area contributed by atoms with Crippen LogP contribution in [0.25, 0.3) is 0 Å². The number of anilines is 1. The van der Waals surface area contributed by atoms with Crippen LogP contribution in [0.15, 0.2) is 65.4 Å². The summed E-state index contributed by atoms with van der Waals surface area (Å²) in [5, 5.41) is 11.8. The highest BCUT2D eigenvalue weighted by atomic mass is 16.5. The van der Waals surface area contributed by atoms with Crippen LogP contribution in [0.1, 0.15) is 17.0 Å². The molecule has 3 aromatic rings. The van der Waals surface area contributed by atoms with E-state index in [0.29, 0.717) is 23.6 Å². The number of methoxy groups -OCH3 is 1. The van der Waals surface area contributed by atoms with Crippen molar-refractivity contribution in [1.82, 2.24) is 14.4 Å². The molecular formula is C24H27N5O4. The van der Waals surface area contributed by atoms with Crippen LogP contribution >= 0.6 is 0 Å². The summed E-state index contributed by atoms with van der Waals surface area (Å²) in [6.45, 7) is 1.01. The summed E-state index contributed by atoms with van der Waals surface area (Å²) in [4.78, 5) is 29.3. The number of benzene rings is 1. The number of urea groups is 1. The SMILES string of the molecule is COCCN(CC(=O)N(Cc1ccco1)Cc1cccn1C)C(=O)Nc1cccc(C#N)c1. The minimum absolute atomic E-state index is 0.141. The highest BCUT2D eigenvalue weighted by molar-refractivity contribution is 5.92. The first kappa shape index (κ1) is 23.6. The van der Waals surface area contributed by atoms with Crippen LogP contribution in [0, 0.1) is 11.3 Å². The van der Waals surface area contributed by atoms with Gasteiger partial charge in [-0.15, -0.1) is 0 Å². The van der Waals surface area contributed by atoms with Gasteiger partial charge in [-0.05, 0) is 42.5 Å². The van der Waals surface area contributed by atoms with Gasteiger partial charge in [-0.1, -0.05) is 6.07 Å². The van der Waals surface area contributed by atoms with Crippen molar-refractivity contribution >= 4 is 17.6 Å². The van der Waals surface area contributed by atoms with E-state index in [-0.39, 0.29) is 32.1 Å². The van der Waals surface area contributed by atoms with Gasteiger partial charge in [0.25, 0.3) is 0 Å². The third kappa shape index (κ3) is 6.72. The molecule has 0 radical (unpaired) electrons. The molecule has 3 rings (SSSR count). The largest absolute Gasteiger partial charge is 0.467 e. The third-order valence-corrected chi connectivity index (χ3v) is 5.11. The Morgan fingerprint density at radius 1 is 1.15 bits per heavy atom. The van der Waals surface area contributed by atoms with E-state index in [0.717, 1.165) is 5.69 Å². The summed E-state index contributed by atoms with van der Waals surface area (Å²) in [5.41, 5.74) is 1.86. The number of hydrogen-bond donors (Lipinski definition) is 1. The van der Waals surface area contributed by atoms with Gasteiger partial charge >= 0.3 is 6.03 Å². The van der Waals surface area contributed by atoms with Crippen LogP contribution in [0.4, 0.5) is 10.5 Å². The molecule has 0 atom stereocenters. The van der Waals surface area contributed by atoms with E-state index in [1.165, 1.54) is 12.0 Å². The standard InChI is InChI=1S/C24H27N5O4/c1-27-10-4-8-21(27)16-29(17-22-9-5-12-33-22)23(30)18-28(11-13-32-2)24(31)26-20-7-3-6-19(14-20)15-25/h3-10,12,14H,11,13,16-18H2,1-2H3,(H,26,31). The molecule has 2 aromatic heterocycles. The highest BCUT2D eigenvalue weighted by Crippen LogP contribution is 2.14. The number of aryl methyl sites for hydroxylation is 1. The zero-order valence-corrected chi connectivity index (χ0v) is 18.7. The Morgan fingerprint density at radius 3 is 2.67 bits per heavy atom. The maximum absolute atomic E-state index is 13.3. The first-order valence-corrected chi connectivity index (χ1v) is 10.5. The van der Waals surface area contributed by atoms with E-state index in [1.807, 2.05) is 42.1 Å². The highest BCUT2D eigenvalue weighted by Gasteiger charge is 2.23. The average Bonchev–Trinajstić information content (AvgIpc) is 3.47. The second kappa shape index (κ2) is 11.5. The Hall–Kier alpha value is -4.03. The molecule has 0 saturated carbocycles. The minimum atomic E-state index is -0.452. The van der Waals surface area contributed by atoms with E-state index >= 15 is 0 Å². The molecule has 1 N–H and O–H groups in total. The van der Waals surface area contributed by atoms with Crippen molar-refractivity contribution in [2.75, 3.05) is 32.1 Å². The summed E-state index contributed by atoms with van der Waals surface area (Å²) in [6.07, 6.45) is 3.48. The molecule has 0 bridgehead atoms. The molecule has 0 saturated heterocycles. The smallest absolute Gasteiger partial charge is 0.322 e. The number of amides is 3. The first-order valence-electron chi connectivity index (χ1n) is 10.5. The number of rotatable bonds is 10. The molecule has 2 heterocycles. The van der Waals surface area contributed by atoms with E-state index in [1.54, 1.807) is 41.5 Å². The Bertz CT molecular complexity index is 1100. The summed E-state index contributed by atoms with van der Waals surface area (Å²) in [7, 11) is 3.45. The minimum Gasteiger partial charge on any atom is -0.467 e. The Labute approximate surface area is 192 Å². The molecule has 33 heavy (non-hydrogen) atoms. The lowest BCUT2D eigenvalue weighted by atomic mass is 10.2. The van der Waals surface area contributed by atoms with Gasteiger partial charge in [0.15, 0.2) is 0 Å². The zero-order chi connectivity index (χ0) is 23.6. The van der Waals surface area contributed by atoms with Gasteiger partial charge in [-0.2, -0.15) is 5.26 Å². The molecule has 0 unspecified atom stereocenters. The van der Waals surface area contributed by atoms with Gasteiger partial charge in [-0.3, -0.25) is 4.79 Å². The van der Waals surface area contributed by atoms with Crippen molar-refractivity contribution < 1.29 is 18.7 Å². The van der Waals surface area contributed by atoms with Crippen LogP contribution < -0.4 is 5.32 Å². The monoisotopic (exact) mass is 449 g/mol.